The summed E-state index contributed by atoms with van der Waals surface area (Å²) in [6.45, 7) is 8.69. The molecular weight excluding hydrogens is 176 g/mol. The van der Waals surface area contributed by atoms with E-state index in [-0.39, 0.29) is 0 Å². The summed E-state index contributed by atoms with van der Waals surface area (Å²) < 4.78 is 10.8. The van der Waals surface area contributed by atoms with Crippen molar-refractivity contribution in [3.8, 4) is 0 Å². The molecule has 0 fully saturated rings. The molecule has 0 rings (SSSR count). The maximum atomic E-state index is 5.44. The number of hydrogen-bond donors (Lipinski definition) is 0. The lowest BCUT2D eigenvalue weighted by atomic mass is 10.2. The molecule has 0 heterocycles. The standard InChI is InChI=1S/C12H26O2/c1-4-5-6-7-8-9-13-10-11-14-12(2)3/h12H,4-11H2,1-3H3. The smallest absolute Gasteiger partial charge is 0.0703 e. The Labute approximate surface area is 89.0 Å². The summed E-state index contributed by atoms with van der Waals surface area (Å²) in [6.07, 6.45) is 6.84. The van der Waals surface area contributed by atoms with Crippen LogP contribution in [0.25, 0.3) is 0 Å². The van der Waals surface area contributed by atoms with Crippen molar-refractivity contribution in [3.63, 3.8) is 0 Å². The van der Waals surface area contributed by atoms with Gasteiger partial charge in [-0.2, -0.15) is 0 Å². The van der Waals surface area contributed by atoms with Crippen molar-refractivity contribution in [1.29, 1.82) is 0 Å². The number of rotatable bonds is 10. The highest BCUT2D eigenvalue weighted by Gasteiger charge is 1.93. The third kappa shape index (κ3) is 11.9. The highest BCUT2D eigenvalue weighted by atomic mass is 16.5. The highest BCUT2D eigenvalue weighted by molar-refractivity contribution is 4.42. The lowest BCUT2D eigenvalue weighted by Gasteiger charge is -2.07. The van der Waals surface area contributed by atoms with Crippen LogP contribution in [0.5, 0.6) is 0 Å². The van der Waals surface area contributed by atoms with Crippen LogP contribution in [0.3, 0.4) is 0 Å². The van der Waals surface area contributed by atoms with E-state index < -0.39 is 0 Å². The summed E-state index contributed by atoms with van der Waals surface area (Å²) in [4.78, 5) is 0. The van der Waals surface area contributed by atoms with Gasteiger partial charge < -0.3 is 9.47 Å². The predicted molar refractivity (Wildman–Crippen MR) is 60.7 cm³/mol. The third-order valence-electron chi connectivity index (χ3n) is 2.07. The quantitative estimate of drug-likeness (QED) is 0.505. The zero-order valence-electron chi connectivity index (χ0n) is 10.1. The van der Waals surface area contributed by atoms with Gasteiger partial charge in [0.1, 0.15) is 0 Å². The van der Waals surface area contributed by atoms with Gasteiger partial charge in [0.2, 0.25) is 0 Å². The molecule has 86 valence electrons. The summed E-state index contributed by atoms with van der Waals surface area (Å²) in [6, 6.07) is 0. The molecule has 0 bridgehead atoms. The van der Waals surface area contributed by atoms with E-state index in [1.165, 1.54) is 32.1 Å². The lowest BCUT2D eigenvalue weighted by Crippen LogP contribution is -2.10. The van der Waals surface area contributed by atoms with Crippen LogP contribution in [0.15, 0.2) is 0 Å². The third-order valence-corrected chi connectivity index (χ3v) is 2.07. The van der Waals surface area contributed by atoms with Gasteiger partial charge in [0.25, 0.3) is 0 Å². The van der Waals surface area contributed by atoms with Crippen LogP contribution in [0.1, 0.15) is 52.9 Å². The summed E-state index contributed by atoms with van der Waals surface area (Å²) >= 11 is 0. The van der Waals surface area contributed by atoms with Crippen molar-refractivity contribution in [2.24, 2.45) is 0 Å². The number of ether oxygens (including phenoxy) is 2. The highest BCUT2D eigenvalue weighted by Crippen LogP contribution is 2.02. The minimum atomic E-state index is 0.322. The first-order chi connectivity index (χ1) is 6.77. The van der Waals surface area contributed by atoms with Crippen LogP contribution in [-0.2, 0) is 9.47 Å². The molecule has 0 aromatic heterocycles. The van der Waals surface area contributed by atoms with Gasteiger partial charge in [-0.3, -0.25) is 0 Å². The summed E-state index contributed by atoms with van der Waals surface area (Å²) in [5.41, 5.74) is 0. The predicted octanol–water partition coefficient (Wildman–Crippen LogP) is 3.40. The van der Waals surface area contributed by atoms with E-state index in [4.69, 9.17) is 9.47 Å². The number of unbranched alkanes of at least 4 members (excludes halogenated alkanes) is 4. The second-order valence-corrected chi connectivity index (χ2v) is 3.95. The van der Waals surface area contributed by atoms with Gasteiger partial charge in [-0.05, 0) is 20.3 Å². The maximum Gasteiger partial charge on any atom is 0.0703 e. The van der Waals surface area contributed by atoms with Crippen molar-refractivity contribution in [2.75, 3.05) is 19.8 Å². The Morgan fingerprint density at radius 1 is 0.857 bits per heavy atom. The molecule has 0 saturated carbocycles. The summed E-state index contributed by atoms with van der Waals surface area (Å²) in [5.74, 6) is 0. The molecule has 0 aliphatic carbocycles. The van der Waals surface area contributed by atoms with Gasteiger partial charge in [0.05, 0.1) is 19.3 Å². The molecule has 0 saturated heterocycles. The van der Waals surface area contributed by atoms with Gasteiger partial charge in [-0.25, -0.2) is 0 Å². The molecule has 0 aliphatic heterocycles. The summed E-state index contributed by atoms with van der Waals surface area (Å²) in [7, 11) is 0. The molecule has 0 N–H and O–H groups in total. The van der Waals surface area contributed by atoms with Crippen LogP contribution in [0.2, 0.25) is 0 Å². The molecule has 2 nitrogen and oxygen atoms in total. The van der Waals surface area contributed by atoms with Crippen LogP contribution in [0, 0.1) is 0 Å². The first kappa shape index (κ1) is 13.9. The first-order valence-corrected chi connectivity index (χ1v) is 5.96. The van der Waals surface area contributed by atoms with E-state index in [0.717, 1.165) is 19.8 Å². The molecule has 0 unspecified atom stereocenters. The zero-order chi connectivity index (χ0) is 10.6. The van der Waals surface area contributed by atoms with Crippen molar-refractivity contribution in [2.45, 2.75) is 59.0 Å². The summed E-state index contributed by atoms with van der Waals surface area (Å²) in [5, 5.41) is 0. The molecule has 0 aromatic rings. The minimum Gasteiger partial charge on any atom is -0.379 e. The molecule has 0 atom stereocenters. The Morgan fingerprint density at radius 3 is 2.21 bits per heavy atom. The topological polar surface area (TPSA) is 18.5 Å². The second kappa shape index (κ2) is 11.0. The van der Waals surface area contributed by atoms with Crippen molar-refractivity contribution in [3.05, 3.63) is 0 Å². The van der Waals surface area contributed by atoms with Crippen molar-refractivity contribution < 1.29 is 9.47 Å². The monoisotopic (exact) mass is 202 g/mol. The molecule has 2 heteroatoms. The second-order valence-electron chi connectivity index (χ2n) is 3.95. The van der Waals surface area contributed by atoms with E-state index in [9.17, 15) is 0 Å². The van der Waals surface area contributed by atoms with Crippen LogP contribution in [-0.4, -0.2) is 25.9 Å². The van der Waals surface area contributed by atoms with Gasteiger partial charge in [-0.1, -0.05) is 32.6 Å². The minimum absolute atomic E-state index is 0.322. The average molecular weight is 202 g/mol. The molecule has 0 spiro atoms. The molecule has 0 radical (unpaired) electrons. The molecule has 0 aliphatic rings. The van der Waals surface area contributed by atoms with Gasteiger partial charge >= 0.3 is 0 Å². The van der Waals surface area contributed by atoms with Crippen molar-refractivity contribution in [1.82, 2.24) is 0 Å². The largest absolute Gasteiger partial charge is 0.379 e. The van der Waals surface area contributed by atoms with Crippen molar-refractivity contribution >= 4 is 0 Å². The lowest BCUT2D eigenvalue weighted by molar-refractivity contribution is 0.0186. The molecule has 14 heavy (non-hydrogen) atoms. The Bertz CT molecular complexity index is 102. The van der Waals surface area contributed by atoms with E-state index >= 15 is 0 Å². The number of hydrogen-bond acceptors (Lipinski definition) is 2. The van der Waals surface area contributed by atoms with E-state index in [2.05, 4.69) is 6.92 Å². The van der Waals surface area contributed by atoms with Crippen LogP contribution >= 0.6 is 0 Å². The van der Waals surface area contributed by atoms with Gasteiger partial charge in [0, 0.05) is 6.61 Å². The molecular formula is C12H26O2. The fraction of sp³-hybridized carbons (Fsp3) is 1.00. The normalized spacial score (nSPS) is 11.1. The van der Waals surface area contributed by atoms with Crippen LogP contribution in [0.4, 0.5) is 0 Å². The van der Waals surface area contributed by atoms with E-state index in [1.54, 1.807) is 0 Å². The first-order valence-electron chi connectivity index (χ1n) is 5.96. The Hall–Kier alpha value is -0.0800. The fourth-order valence-electron chi connectivity index (χ4n) is 1.25. The Morgan fingerprint density at radius 2 is 1.57 bits per heavy atom. The van der Waals surface area contributed by atoms with E-state index in [0.29, 0.717) is 6.10 Å². The molecule has 0 amide bonds. The Kier molecular flexibility index (Phi) is 10.9. The van der Waals surface area contributed by atoms with E-state index in [1.807, 2.05) is 13.8 Å². The molecule has 0 aromatic carbocycles. The van der Waals surface area contributed by atoms with Gasteiger partial charge in [0.15, 0.2) is 0 Å². The maximum absolute atomic E-state index is 5.44. The SMILES string of the molecule is CCCCCCCOCCOC(C)C. The average Bonchev–Trinajstić information content (AvgIpc) is 2.15. The van der Waals surface area contributed by atoms with Crippen LogP contribution < -0.4 is 0 Å². The zero-order valence-corrected chi connectivity index (χ0v) is 10.1. The Balaban J connectivity index is 2.85. The fourth-order valence-corrected chi connectivity index (χ4v) is 1.25. The van der Waals surface area contributed by atoms with Gasteiger partial charge in [-0.15, -0.1) is 0 Å².